The number of amides is 3. The van der Waals surface area contributed by atoms with E-state index in [1.807, 2.05) is 0 Å². The lowest BCUT2D eigenvalue weighted by Crippen LogP contribution is -2.62. The lowest BCUT2D eigenvalue weighted by molar-refractivity contribution is -0.139. The predicted octanol–water partition coefficient (Wildman–Crippen LogP) is 4.07. The van der Waals surface area contributed by atoms with E-state index < -0.39 is 34.7 Å². The van der Waals surface area contributed by atoms with Crippen LogP contribution in [0.4, 0.5) is 25.1 Å². The number of nitrogens with two attached hydrogens (primary N) is 1. The van der Waals surface area contributed by atoms with Crippen molar-refractivity contribution in [3.05, 3.63) is 88.9 Å². The number of H-pyrrole nitrogens is 1. The van der Waals surface area contributed by atoms with Gasteiger partial charge in [-0.3, -0.25) is 9.59 Å². The zero-order valence-corrected chi connectivity index (χ0v) is 23.3. The molecule has 5 heterocycles. The maximum Gasteiger partial charge on any atom is 0.329 e. The molecular weight excluding hydrogens is 576 g/mol. The number of nitrogens with zero attached hydrogens (tertiary/aromatic N) is 4. The number of anilines is 2. The van der Waals surface area contributed by atoms with Crippen LogP contribution >= 0.6 is 0 Å². The second kappa shape index (κ2) is 9.70. The molecule has 2 aromatic carbocycles. The molecular formula is C30H23F2N7O5. The molecule has 44 heavy (non-hydrogen) atoms. The van der Waals surface area contributed by atoms with Crippen LogP contribution in [0.1, 0.15) is 27.2 Å². The van der Waals surface area contributed by atoms with Crippen LogP contribution in [-0.2, 0) is 9.53 Å². The number of nitrogen functional groups attached to an aromatic ring is 1. The van der Waals surface area contributed by atoms with Crippen LogP contribution in [-0.4, -0.2) is 56.2 Å². The van der Waals surface area contributed by atoms with Gasteiger partial charge in [0.15, 0.2) is 17.2 Å². The largest absolute Gasteiger partial charge is 0.433 e. The Bertz CT molecular complexity index is 2030. The van der Waals surface area contributed by atoms with Crippen molar-refractivity contribution in [3.63, 3.8) is 0 Å². The molecule has 3 amide bonds. The van der Waals surface area contributed by atoms with Crippen LogP contribution < -0.4 is 20.7 Å². The highest BCUT2D eigenvalue weighted by atomic mass is 19.1. The van der Waals surface area contributed by atoms with Gasteiger partial charge in [-0.25, -0.2) is 28.1 Å². The third-order valence-electron chi connectivity index (χ3n) is 7.74. The molecule has 12 nitrogen and oxygen atoms in total. The van der Waals surface area contributed by atoms with Gasteiger partial charge >= 0.3 is 6.03 Å². The molecule has 2 aliphatic rings. The van der Waals surface area contributed by atoms with Crippen molar-refractivity contribution in [2.24, 2.45) is 0 Å². The van der Waals surface area contributed by atoms with Crippen LogP contribution in [0.25, 0.3) is 16.6 Å². The van der Waals surface area contributed by atoms with Crippen molar-refractivity contribution < 1.29 is 32.6 Å². The van der Waals surface area contributed by atoms with Crippen molar-refractivity contribution in [1.29, 1.82) is 0 Å². The highest BCUT2D eigenvalue weighted by molar-refractivity contribution is 6.24. The summed E-state index contributed by atoms with van der Waals surface area (Å²) in [6.45, 7) is 3.71. The van der Waals surface area contributed by atoms with Gasteiger partial charge in [0.2, 0.25) is 17.4 Å². The second-order valence-corrected chi connectivity index (χ2v) is 10.7. The Kier molecular flexibility index (Phi) is 6.00. The SMILES string of the molecule is Cc1cc2cc(C(=O)c3cnn(-c4cnc(Oc5c(F)cccc5F)cc4C)c3N)[nH]c2cc1N1C(=O)NC2(COC2)C1=O. The second-order valence-electron chi connectivity index (χ2n) is 10.7. The molecule has 0 aliphatic carbocycles. The molecule has 0 saturated carbocycles. The van der Waals surface area contributed by atoms with Crippen LogP contribution in [0.15, 0.2) is 54.9 Å². The van der Waals surface area contributed by atoms with E-state index in [-0.39, 0.29) is 42.1 Å². The summed E-state index contributed by atoms with van der Waals surface area (Å²) in [5.74, 6) is -3.15. The Morgan fingerprint density at radius 1 is 1.05 bits per heavy atom. The summed E-state index contributed by atoms with van der Waals surface area (Å²) in [4.78, 5) is 47.6. The number of fused-ring (bicyclic) bond motifs is 1. The molecule has 0 unspecified atom stereocenters. The summed E-state index contributed by atoms with van der Waals surface area (Å²) in [7, 11) is 0. The number of aromatic amines is 1. The number of halogens is 2. The predicted molar refractivity (Wildman–Crippen MR) is 153 cm³/mol. The third-order valence-corrected chi connectivity index (χ3v) is 7.74. The maximum atomic E-state index is 14.0. The van der Waals surface area contributed by atoms with E-state index in [2.05, 4.69) is 20.4 Å². The summed E-state index contributed by atoms with van der Waals surface area (Å²) in [5, 5.41) is 7.67. The van der Waals surface area contributed by atoms with E-state index in [0.29, 0.717) is 33.4 Å². The first-order chi connectivity index (χ1) is 21.1. The first-order valence-electron chi connectivity index (χ1n) is 13.4. The van der Waals surface area contributed by atoms with Crippen LogP contribution in [0.2, 0.25) is 0 Å². The van der Waals surface area contributed by atoms with Crippen molar-refractivity contribution in [2.75, 3.05) is 23.8 Å². The monoisotopic (exact) mass is 599 g/mol. The van der Waals surface area contributed by atoms with Gasteiger partial charge < -0.3 is 25.5 Å². The summed E-state index contributed by atoms with van der Waals surface area (Å²) < 4.78 is 39.8. The minimum absolute atomic E-state index is 0.0385. The summed E-state index contributed by atoms with van der Waals surface area (Å²) >= 11 is 0. The minimum atomic E-state index is -1.04. The average molecular weight is 600 g/mol. The number of nitrogens with one attached hydrogen (secondary N) is 2. The number of carbonyl (C=O) groups excluding carboxylic acids is 3. The number of para-hydroxylation sites is 1. The van der Waals surface area contributed by atoms with Gasteiger partial charge in [-0.1, -0.05) is 6.07 Å². The number of pyridine rings is 1. The number of aromatic nitrogens is 4. The number of carbonyl (C=O) groups is 3. The molecule has 7 rings (SSSR count). The zero-order chi connectivity index (χ0) is 30.9. The molecule has 3 aromatic heterocycles. The quantitative estimate of drug-likeness (QED) is 0.195. The van der Waals surface area contributed by atoms with Gasteiger partial charge in [0.1, 0.15) is 5.82 Å². The highest BCUT2D eigenvalue weighted by Gasteiger charge is 2.57. The van der Waals surface area contributed by atoms with Gasteiger partial charge in [-0.05, 0) is 55.3 Å². The molecule has 2 aliphatic heterocycles. The molecule has 2 fully saturated rings. The maximum absolute atomic E-state index is 14.0. The zero-order valence-electron chi connectivity index (χ0n) is 23.3. The van der Waals surface area contributed by atoms with Crippen molar-refractivity contribution in [1.82, 2.24) is 25.1 Å². The van der Waals surface area contributed by atoms with Gasteiger partial charge in [-0.2, -0.15) is 5.10 Å². The Morgan fingerprint density at radius 2 is 1.77 bits per heavy atom. The molecule has 0 bridgehead atoms. The number of aryl methyl sites for hydroxylation is 2. The smallest absolute Gasteiger partial charge is 0.329 e. The van der Waals surface area contributed by atoms with Crippen LogP contribution in [0.5, 0.6) is 11.6 Å². The topological polar surface area (TPSA) is 157 Å². The Balaban J connectivity index is 1.16. The Labute approximate surface area is 247 Å². The number of ketones is 1. The number of urea groups is 1. The first-order valence-corrected chi connectivity index (χ1v) is 13.4. The number of imide groups is 1. The molecule has 1 spiro atoms. The van der Waals surface area contributed by atoms with Gasteiger partial charge in [0.25, 0.3) is 5.91 Å². The fraction of sp³-hybridized carbons (Fsp3) is 0.167. The molecule has 4 N–H and O–H groups in total. The number of ether oxygens (including phenoxy) is 2. The van der Waals surface area contributed by atoms with E-state index in [4.69, 9.17) is 15.2 Å². The Hall–Kier alpha value is -5.63. The molecule has 5 aromatic rings. The lowest BCUT2D eigenvalue weighted by Gasteiger charge is -2.34. The molecule has 14 heteroatoms. The van der Waals surface area contributed by atoms with Crippen LogP contribution in [0, 0.1) is 25.5 Å². The van der Waals surface area contributed by atoms with E-state index in [0.717, 1.165) is 17.0 Å². The molecule has 0 atom stereocenters. The van der Waals surface area contributed by atoms with Gasteiger partial charge in [0.05, 0.1) is 48.2 Å². The van der Waals surface area contributed by atoms with Crippen molar-refractivity contribution in [2.45, 2.75) is 19.4 Å². The van der Waals surface area contributed by atoms with E-state index in [1.165, 1.54) is 29.2 Å². The number of hydrogen-bond acceptors (Lipinski definition) is 8. The molecule has 0 radical (unpaired) electrons. The summed E-state index contributed by atoms with van der Waals surface area (Å²) in [6.07, 6.45) is 2.69. The fourth-order valence-electron chi connectivity index (χ4n) is 5.34. The number of hydrogen-bond donors (Lipinski definition) is 3. The first kappa shape index (κ1) is 27.2. The van der Waals surface area contributed by atoms with E-state index in [9.17, 15) is 23.2 Å². The number of rotatable bonds is 6. The average Bonchev–Trinajstić information content (AvgIpc) is 3.63. The van der Waals surface area contributed by atoms with Crippen molar-refractivity contribution >= 4 is 40.1 Å². The number of benzene rings is 2. The normalized spacial score (nSPS) is 15.6. The van der Waals surface area contributed by atoms with Gasteiger partial charge in [-0.15, -0.1) is 0 Å². The van der Waals surface area contributed by atoms with E-state index >= 15 is 0 Å². The molecule has 2 saturated heterocycles. The lowest BCUT2D eigenvalue weighted by atomic mass is 9.97. The van der Waals surface area contributed by atoms with Gasteiger partial charge in [0, 0.05) is 17.0 Å². The Morgan fingerprint density at radius 3 is 2.43 bits per heavy atom. The third kappa shape index (κ3) is 4.10. The van der Waals surface area contributed by atoms with Crippen LogP contribution in [0.3, 0.4) is 0 Å². The summed E-state index contributed by atoms with van der Waals surface area (Å²) in [5.41, 5.74) is 8.22. The van der Waals surface area contributed by atoms with Crippen molar-refractivity contribution in [3.8, 4) is 17.3 Å². The van der Waals surface area contributed by atoms with E-state index in [1.54, 1.807) is 32.0 Å². The minimum Gasteiger partial charge on any atom is -0.433 e. The molecule has 222 valence electrons. The fourth-order valence-corrected chi connectivity index (χ4v) is 5.34. The standard InChI is InChI=1S/C30H23F2N7O5/c1-14-6-16-8-21(36-20(16)9-22(14)38-28(41)30(12-43-13-30)37-29(38)42)25(40)17-10-35-39(27(17)33)23-11-34-24(7-15(23)2)44-26-18(31)4-3-5-19(26)32/h3-11,36H,12-13,33H2,1-2H3,(H,37,42). The highest BCUT2D eigenvalue weighted by Crippen LogP contribution is 2.35. The summed E-state index contributed by atoms with van der Waals surface area (Å²) in [6, 6.07) is 9.38.